The van der Waals surface area contributed by atoms with Crippen LogP contribution in [0.1, 0.15) is 200 Å². The Labute approximate surface area is 322 Å². The molecule has 0 fully saturated rings. The fourth-order valence-electron chi connectivity index (χ4n) is 6.38. The highest BCUT2D eigenvalue weighted by Crippen LogP contribution is 2.46. The van der Waals surface area contributed by atoms with Crippen LogP contribution < -0.4 is 9.26 Å². The van der Waals surface area contributed by atoms with E-state index in [1.807, 2.05) is 12.1 Å². The summed E-state index contributed by atoms with van der Waals surface area (Å²) >= 11 is 5.31. The van der Waals surface area contributed by atoms with Gasteiger partial charge in [-0.05, 0) is 50.7 Å². The number of nitrogens with zero attached hydrogens (tertiary/aromatic N) is 2. The summed E-state index contributed by atoms with van der Waals surface area (Å²) in [4.78, 5) is 32.5. The first kappa shape index (κ1) is 46.3. The summed E-state index contributed by atoms with van der Waals surface area (Å²) in [6.07, 6.45) is 39.7. The minimum Gasteiger partial charge on any atom is -0.402 e. The molecule has 0 radical (unpaired) electrons. The van der Waals surface area contributed by atoms with Gasteiger partial charge in [-0.15, -0.1) is 0 Å². The van der Waals surface area contributed by atoms with Gasteiger partial charge in [-0.3, -0.25) is 9.32 Å². The smallest absolute Gasteiger partial charge is 0.379 e. The van der Waals surface area contributed by atoms with Crippen LogP contribution in [-0.2, 0) is 21.1 Å². The average molecular weight is 761 g/mol. The zero-order valence-electron chi connectivity index (χ0n) is 33.0. The van der Waals surface area contributed by atoms with Gasteiger partial charge in [0.2, 0.25) is 0 Å². The van der Waals surface area contributed by atoms with E-state index < -0.39 is 12.7 Å². The van der Waals surface area contributed by atoms with Crippen molar-refractivity contribution in [3.8, 4) is 11.8 Å². The van der Waals surface area contributed by atoms with Crippen LogP contribution in [0.4, 0.5) is 0 Å². The van der Waals surface area contributed by atoms with E-state index in [1.54, 1.807) is 12.1 Å². The maximum absolute atomic E-state index is 12.8. The number of ether oxygens (including phenoxy) is 1. The standard InChI is InChI=1S/C43H73N2O5PS/c1-3-5-7-9-11-13-15-17-19-20-21-23-25-27-29-31-37-41(46)49-42-43(45-40-36-33-32-35-39(40)44-42)50-51(47,52)48-38-34-30-28-26-24-22-18-16-14-12-10-8-6-4-2/h23,25,32-33,35-36H,3-22,24,26-31,34,37-38H2,1-2H3,(H,47,52)/b25-23+. The number of fused-ring (bicyclic) bond motifs is 1. The lowest BCUT2D eigenvalue weighted by atomic mass is 10.0. The summed E-state index contributed by atoms with van der Waals surface area (Å²) in [7, 11) is 0. The first-order chi connectivity index (χ1) is 25.4. The van der Waals surface area contributed by atoms with Gasteiger partial charge in [0.1, 0.15) is 0 Å². The van der Waals surface area contributed by atoms with Crippen molar-refractivity contribution in [1.82, 2.24) is 9.97 Å². The summed E-state index contributed by atoms with van der Waals surface area (Å²) in [6, 6.07) is 7.23. The second kappa shape index (κ2) is 31.5. The number of hydrogen-bond acceptors (Lipinski definition) is 7. The molecule has 0 aliphatic heterocycles. The van der Waals surface area contributed by atoms with Crippen molar-refractivity contribution < 1.29 is 23.5 Å². The van der Waals surface area contributed by atoms with Gasteiger partial charge in [0.15, 0.2) is 0 Å². The van der Waals surface area contributed by atoms with Crippen molar-refractivity contribution in [2.45, 2.75) is 200 Å². The third-order valence-electron chi connectivity index (χ3n) is 9.57. The van der Waals surface area contributed by atoms with Gasteiger partial charge in [0, 0.05) is 18.2 Å². The largest absolute Gasteiger partial charge is 0.402 e. The molecule has 1 aromatic carbocycles. The van der Waals surface area contributed by atoms with E-state index in [0.29, 0.717) is 24.1 Å². The molecule has 0 aliphatic carbocycles. The third kappa shape index (κ3) is 24.5. The highest BCUT2D eigenvalue weighted by Gasteiger charge is 2.24. The molecule has 0 saturated carbocycles. The monoisotopic (exact) mass is 760 g/mol. The molecule has 1 aromatic heterocycles. The molecular formula is C43H73N2O5PS. The Morgan fingerprint density at radius 1 is 0.615 bits per heavy atom. The van der Waals surface area contributed by atoms with Gasteiger partial charge in [0.05, 0.1) is 17.6 Å². The number of para-hydroxylation sites is 2. The molecule has 1 atom stereocenters. The Kier molecular flexibility index (Phi) is 28.0. The van der Waals surface area contributed by atoms with E-state index in [4.69, 9.17) is 25.6 Å². The minimum atomic E-state index is -3.67. The Morgan fingerprint density at radius 3 is 1.50 bits per heavy atom. The van der Waals surface area contributed by atoms with Gasteiger partial charge in [-0.25, -0.2) is 9.97 Å². The Bertz CT molecular complexity index is 1260. The van der Waals surface area contributed by atoms with E-state index >= 15 is 0 Å². The van der Waals surface area contributed by atoms with Crippen LogP contribution in [0.2, 0.25) is 0 Å². The fraction of sp³-hybridized carbons (Fsp3) is 0.744. The lowest BCUT2D eigenvalue weighted by Crippen LogP contribution is -2.11. The number of allylic oxidation sites excluding steroid dienone is 2. The van der Waals surface area contributed by atoms with Crippen molar-refractivity contribution in [3.63, 3.8) is 0 Å². The van der Waals surface area contributed by atoms with Crippen LogP contribution in [0.15, 0.2) is 36.4 Å². The highest BCUT2D eigenvalue weighted by molar-refractivity contribution is 8.07. The lowest BCUT2D eigenvalue weighted by molar-refractivity contribution is -0.134. The average Bonchev–Trinajstić information content (AvgIpc) is 3.13. The Hall–Kier alpha value is -1.86. The second-order valence-corrected chi connectivity index (χ2v) is 17.2. The van der Waals surface area contributed by atoms with E-state index in [2.05, 4.69) is 36.0 Å². The summed E-state index contributed by atoms with van der Waals surface area (Å²) in [6.45, 7) is 1.16. The van der Waals surface area contributed by atoms with Crippen LogP contribution in [0, 0.1) is 0 Å². The molecule has 0 saturated heterocycles. The molecule has 52 heavy (non-hydrogen) atoms. The first-order valence-electron chi connectivity index (χ1n) is 21.2. The number of unbranched alkanes of at least 4 members (excludes halogenated alkanes) is 25. The number of carbonyl (C=O) groups is 1. The normalized spacial score (nSPS) is 12.8. The zero-order chi connectivity index (χ0) is 37.4. The zero-order valence-corrected chi connectivity index (χ0v) is 34.7. The highest BCUT2D eigenvalue weighted by atomic mass is 32.5. The molecule has 2 rings (SSSR count). The van der Waals surface area contributed by atoms with E-state index in [9.17, 15) is 9.69 Å². The molecular weight excluding hydrogens is 688 g/mol. The molecule has 9 heteroatoms. The number of esters is 1. The van der Waals surface area contributed by atoms with E-state index in [1.165, 1.54) is 135 Å². The van der Waals surface area contributed by atoms with E-state index in [0.717, 1.165) is 38.5 Å². The van der Waals surface area contributed by atoms with Crippen LogP contribution in [0.5, 0.6) is 11.8 Å². The SMILES string of the molecule is CCCCCCCCCCCC/C=C/CCCCC(=O)Oc1nc2ccccc2nc1OP(O)(=S)OCCCCCCCCCCCCCCCC. The van der Waals surface area contributed by atoms with Crippen molar-refractivity contribution >= 4 is 35.5 Å². The maximum Gasteiger partial charge on any atom is 0.379 e. The summed E-state index contributed by atoms with van der Waals surface area (Å²) in [5.74, 6) is -0.629. The fourth-order valence-corrected chi connectivity index (χ4v) is 7.57. The molecule has 0 amide bonds. The van der Waals surface area contributed by atoms with Gasteiger partial charge in [0.25, 0.3) is 11.8 Å². The lowest BCUT2D eigenvalue weighted by Gasteiger charge is -2.17. The Balaban J connectivity index is 1.62. The number of rotatable bonds is 35. The first-order valence-corrected chi connectivity index (χ1v) is 23.8. The number of hydrogen-bond donors (Lipinski definition) is 1. The van der Waals surface area contributed by atoms with Crippen LogP contribution in [0.25, 0.3) is 11.0 Å². The summed E-state index contributed by atoms with van der Waals surface area (Å²) < 4.78 is 16.9. The van der Waals surface area contributed by atoms with Crippen molar-refractivity contribution in [2.75, 3.05) is 6.61 Å². The Morgan fingerprint density at radius 2 is 1.02 bits per heavy atom. The summed E-state index contributed by atoms with van der Waals surface area (Å²) in [5, 5.41) is 0. The van der Waals surface area contributed by atoms with Gasteiger partial charge in [-0.2, -0.15) is 0 Å². The maximum atomic E-state index is 12.8. The van der Waals surface area contributed by atoms with Gasteiger partial charge in [-0.1, -0.05) is 179 Å². The topological polar surface area (TPSA) is 90.8 Å². The molecule has 0 aliphatic rings. The molecule has 7 nitrogen and oxygen atoms in total. The van der Waals surface area contributed by atoms with Crippen LogP contribution in [0.3, 0.4) is 0 Å². The molecule has 0 spiro atoms. The molecule has 0 bridgehead atoms. The van der Waals surface area contributed by atoms with Crippen molar-refractivity contribution in [2.24, 2.45) is 0 Å². The molecule has 2 aromatic rings. The summed E-state index contributed by atoms with van der Waals surface area (Å²) in [5.41, 5.74) is 1.10. The molecule has 1 heterocycles. The second-order valence-electron chi connectivity index (χ2n) is 14.5. The van der Waals surface area contributed by atoms with Gasteiger partial charge >= 0.3 is 12.7 Å². The number of benzene rings is 1. The molecule has 1 unspecified atom stereocenters. The minimum absolute atomic E-state index is 0.0940. The van der Waals surface area contributed by atoms with Crippen LogP contribution in [-0.4, -0.2) is 27.4 Å². The van der Waals surface area contributed by atoms with Crippen molar-refractivity contribution in [3.05, 3.63) is 36.4 Å². The predicted molar refractivity (Wildman–Crippen MR) is 223 cm³/mol. The number of aromatic nitrogens is 2. The van der Waals surface area contributed by atoms with E-state index in [-0.39, 0.29) is 18.2 Å². The van der Waals surface area contributed by atoms with Gasteiger partial charge < -0.3 is 14.2 Å². The molecule has 1 N–H and O–H groups in total. The van der Waals surface area contributed by atoms with Crippen LogP contribution >= 0.6 is 6.72 Å². The van der Waals surface area contributed by atoms with Crippen molar-refractivity contribution in [1.29, 1.82) is 0 Å². The quantitative estimate of drug-likeness (QED) is 0.0321. The number of carbonyl (C=O) groups excluding carboxylic acids is 1. The molecule has 296 valence electrons. The third-order valence-corrected chi connectivity index (χ3v) is 11.0. The predicted octanol–water partition coefficient (Wildman–Crippen LogP) is 14.1.